The third-order valence-corrected chi connectivity index (χ3v) is 6.12. The largest absolute Gasteiger partial charge is 0.477 e. The van der Waals surface area contributed by atoms with E-state index in [9.17, 15) is 23.3 Å². The van der Waals surface area contributed by atoms with Gasteiger partial charge in [0.2, 0.25) is 0 Å². The highest BCUT2D eigenvalue weighted by atomic mass is 32.2. The van der Waals surface area contributed by atoms with Crippen LogP contribution in [0.25, 0.3) is 0 Å². The molecule has 1 heterocycles. The first kappa shape index (κ1) is 19.2. The molecule has 0 saturated carbocycles. The second kappa shape index (κ2) is 7.81. The first-order valence-electron chi connectivity index (χ1n) is 8.13. The number of carbonyl (C=O) groups is 1. The summed E-state index contributed by atoms with van der Waals surface area (Å²) in [4.78, 5) is 24.6. The van der Waals surface area contributed by atoms with Gasteiger partial charge in [0.05, 0.1) is 16.4 Å². The fourth-order valence-corrected chi connectivity index (χ4v) is 4.66. The monoisotopic (exact) mass is 370 g/mol. The number of ether oxygens (including phenoxy) is 1. The van der Waals surface area contributed by atoms with Crippen molar-refractivity contribution in [2.24, 2.45) is 0 Å². The summed E-state index contributed by atoms with van der Waals surface area (Å²) in [5, 5.41) is 11.0. The number of sulfone groups is 1. The van der Waals surface area contributed by atoms with Gasteiger partial charge in [-0.3, -0.25) is 14.9 Å². The van der Waals surface area contributed by atoms with Crippen LogP contribution in [0.2, 0.25) is 0 Å². The Labute approximate surface area is 146 Å². The maximum atomic E-state index is 12.6. The lowest BCUT2D eigenvalue weighted by molar-refractivity contribution is -0.385. The first-order valence-corrected chi connectivity index (χ1v) is 9.95. The summed E-state index contributed by atoms with van der Waals surface area (Å²) >= 11 is 0. The maximum absolute atomic E-state index is 12.6. The fourth-order valence-electron chi connectivity index (χ4n) is 2.94. The molecule has 1 aliphatic heterocycles. The molecule has 138 valence electrons. The van der Waals surface area contributed by atoms with Gasteiger partial charge in [0, 0.05) is 18.2 Å². The molecule has 1 aromatic rings. The Kier molecular flexibility index (Phi) is 5.99. The van der Waals surface area contributed by atoms with E-state index in [2.05, 4.69) is 0 Å². The van der Waals surface area contributed by atoms with Gasteiger partial charge in [-0.2, -0.15) is 0 Å². The van der Waals surface area contributed by atoms with Gasteiger partial charge in [0.1, 0.15) is 0 Å². The van der Waals surface area contributed by atoms with E-state index in [4.69, 9.17) is 4.74 Å². The van der Waals surface area contributed by atoms with Crippen LogP contribution in [0.3, 0.4) is 0 Å². The van der Waals surface area contributed by atoms with Crippen LogP contribution in [0.5, 0.6) is 5.75 Å². The second-order valence-electron chi connectivity index (χ2n) is 6.13. The van der Waals surface area contributed by atoms with Gasteiger partial charge in [-0.15, -0.1) is 0 Å². The summed E-state index contributed by atoms with van der Waals surface area (Å²) in [6.45, 7) is 3.40. The molecule has 0 spiro atoms. The summed E-state index contributed by atoms with van der Waals surface area (Å²) in [5.74, 6) is -0.323. The fraction of sp³-hybridized carbons (Fsp3) is 0.562. The van der Waals surface area contributed by atoms with Crippen LogP contribution in [-0.2, 0) is 14.6 Å². The molecule has 8 nitrogen and oxygen atoms in total. The van der Waals surface area contributed by atoms with E-state index in [1.807, 2.05) is 13.8 Å². The molecule has 1 amide bonds. The molecule has 1 fully saturated rings. The van der Waals surface area contributed by atoms with Crippen LogP contribution in [-0.4, -0.2) is 54.3 Å². The van der Waals surface area contributed by atoms with Crippen molar-refractivity contribution in [3.05, 3.63) is 34.4 Å². The van der Waals surface area contributed by atoms with Crippen molar-refractivity contribution in [1.29, 1.82) is 0 Å². The smallest absolute Gasteiger partial charge is 0.310 e. The molecule has 2 rings (SSSR count). The number of para-hydroxylation sites is 2. The van der Waals surface area contributed by atoms with Crippen molar-refractivity contribution >= 4 is 21.4 Å². The van der Waals surface area contributed by atoms with E-state index in [1.54, 1.807) is 11.0 Å². The van der Waals surface area contributed by atoms with Gasteiger partial charge in [-0.25, -0.2) is 8.42 Å². The van der Waals surface area contributed by atoms with Crippen LogP contribution in [0.1, 0.15) is 26.7 Å². The molecule has 25 heavy (non-hydrogen) atoms. The van der Waals surface area contributed by atoms with Gasteiger partial charge in [-0.1, -0.05) is 19.1 Å². The minimum atomic E-state index is -3.12. The quantitative estimate of drug-likeness (QED) is 0.535. The molecule has 1 aliphatic rings. The molecule has 0 bridgehead atoms. The molecular formula is C16H22N2O6S. The first-order chi connectivity index (χ1) is 11.7. The number of nitro benzene ring substituents is 1. The lowest BCUT2D eigenvalue weighted by Crippen LogP contribution is -2.48. The summed E-state index contributed by atoms with van der Waals surface area (Å²) in [5.41, 5.74) is -0.214. The lowest BCUT2D eigenvalue weighted by atomic mass is 10.1. The minimum Gasteiger partial charge on any atom is -0.477 e. The molecule has 1 aromatic carbocycles. The van der Waals surface area contributed by atoms with Gasteiger partial charge in [-0.05, 0) is 25.8 Å². The van der Waals surface area contributed by atoms with Gasteiger partial charge < -0.3 is 9.64 Å². The Morgan fingerprint density at radius 3 is 2.68 bits per heavy atom. The molecule has 0 N–H and O–H groups in total. The minimum absolute atomic E-state index is 0.0176. The van der Waals surface area contributed by atoms with Crippen LogP contribution in [0, 0.1) is 10.1 Å². The number of benzene rings is 1. The molecule has 2 atom stereocenters. The SMILES string of the molecule is CC[C@@H](C)N(C(=O)COc1ccccc1[N+](=O)[O-])[C@H]1CCS(=O)(=O)C1. The standard InChI is InChI=1S/C16H22N2O6S/c1-3-12(2)17(13-8-9-25(22,23)11-13)16(19)10-24-15-7-5-4-6-14(15)18(20)21/h4-7,12-13H,3,8-11H2,1-2H3/t12-,13+/m1/s1. The van der Waals surface area contributed by atoms with E-state index in [0.29, 0.717) is 12.8 Å². The van der Waals surface area contributed by atoms with E-state index in [-0.39, 0.29) is 47.5 Å². The topological polar surface area (TPSA) is 107 Å². The highest BCUT2D eigenvalue weighted by molar-refractivity contribution is 7.91. The Bertz CT molecular complexity index is 749. The number of rotatable bonds is 7. The number of nitrogens with zero attached hydrogens (tertiary/aromatic N) is 2. The van der Waals surface area contributed by atoms with Crippen LogP contribution in [0.4, 0.5) is 5.69 Å². The summed E-state index contributed by atoms with van der Waals surface area (Å²) in [6, 6.07) is 5.32. The molecule has 9 heteroatoms. The Balaban J connectivity index is 2.12. The molecule has 1 saturated heterocycles. The zero-order chi connectivity index (χ0) is 18.6. The van der Waals surface area contributed by atoms with E-state index >= 15 is 0 Å². The predicted octanol–water partition coefficient (Wildman–Crippen LogP) is 1.79. The third-order valence-electron chi connectivity index (χ3n) is 4.37. The Morgan fingerprint density at radius 1 is 1.44 bits per heavy atom. The zero-order valence-electron chi connectivity index (χ0n) is 14.3. The van der Waals surface area contributed by atoms with Crippen molar-refractivity contribution in [3.8, 4) is 5.75 Å². The highest BCUT2D eigenvalue weighted by Crippen LogP contribution is 2.26. The molecule has 0 aromatic heterocycles. The average molecular weight is 370 g/mol. The number of amides is 1. The predicted molar refractivity (Wildman–Crippen MR) is 92.2 cm³/mol. The third kappa shape index (κ3) is 4.68. The number of carbonyl (C=O) groups excluding carboxylic acids is 1. The summed E-state index contributed by atoms with van der Waals surface area (Å²) < 4.78 is 28.8. The zero-order valence-corrected chi connectivity index (χ0v) is 15.1. The molecular weight excluding hydrogens is 348 g/mol. The van der Waals surface area contributed by atoms with Crippen molar-refractivity contribution in [2.45, 2.75) is 38.8 Å². The maximum Gasteiger partial charge on any atom is 0.310 e. The Morgan fingerprint density at radius 2 is 2.12 bits per heavy atom. The molecule has 0 aliphatic carbocycles. The molecule has 0 radical (unpaired) electrons. The van der Waals surface area contributed by atoms with E-state index in [0.717, 1.165) is 0 Å². The number of nitro groups is 1. The number of hydrogen-bond donors (Lipinski definition) is 0. The summed E-state index contributed by atoms with van der Waals surface area (Å²) in [6.07, 6.45) is 1.08. The van der Waals surface area contributed by atoms with Gasteiger partial charge in [0.25, 0.3) is 5.91 Å². The van der Waals surface area contributed by atoms with Crippen molar-refractivity contribution < 1.29 is 22.9 Å². The second-order valence-corrected chi connectivity index (χ2v) is 8.36. The highest BCUT2D eigenvalue weighted by Gasteiger charge is 2.36. The van der Waals surface area contributed by atoms with Crippen LogP contribution in [0.15, 0.2) is 24.3 Å². The van der Waals surface area contributed by atoms with E-state index in [1.165, 1.54) is 18.2 Å². The van der Waals surface area contributed by atoms with Crippen molar-refractivity contribution in [1.82, 2.24) is 4.90 Å². The van der Waals surface area contributed by atoms with E-state index < -0.39 is 14.8 Å². The van der Waals surface area contributed by atoms with Gasteiger partial charge in [0.15, 0.2) is 22.2 Å². The van der Waals surface area contributed by atoms with Crippen molar-refractivity contribution in [2.75, 3.05) is 18.1 Å². The number of hydrogen-bond acceptors (Lipinski definition) is 6. The normalized spacial score (nSPS) is 20.0. The molecule has 0 unspecified atom stereocenters. The van der Waals surface area contributed by atoms with Crippen LogP contribution >= 0.6 is 0 Å². The average Bonchev–Trinajstić information content (AvgIpc) is 2.92. The van der Waals surface area contributed by atoms with Crippen LogP contribution < -0.4 is 4.74 Å². The Hall–Kier alpha value is -2.16. The lowest BCUT2D eigenvalue weighted by Gasteiger charge is -2.33. The summed E-state index contributed by atoms with van der Waals surface area (Å²) in [7, 11) is -3.12. The van der Waals surface area contributed by atoms with Gasteiger partial charge >= 0.3 is 5.69 Å². The van der Waals surface area contributed by atoms with Crippen molar-refractivity contribution in [3.63, 3.8) is 0 Å².